The molecule has 4 rings (SSSR count). The normalized spacial score (nSPS) is 20.2. The topological polar surface area (TPSA) is 89.3 Å². The van der Waals surface area contributed by atoms with E-state index in [1.807, 2.05) is 13.8 Å². The Morgan fingerprint density at radius 1 is 1.37 bits per heavy atom. The van der Waals surface area contributed by atoms with Crippen molar-refractivity contribution in [2.75, 3.05) is 23.8 Å². The second-order valence-corrected chi connectivity index (χ2v) is 12.8. The molecule has 0 radical (unpaired) electrons. The van der Waals surface area contributed by atoms with E-state index < -0.39 is 9.84 Å². The van der Waals surface area contributed by atoms with Crippen molar-refractivity contribution in [2.24, 2.45) is 13.0 Å². The Balaban J connectivity index is 1.54. The molecule has 164 valence electrons. The fourth-order valence-corrected chi connectivity index (χ4v) is 8.20. The molecule has 0 N–H and O–H groups in total. The van der Waals surface area contributed by atoms with Crippen LogP contribution >= 0.6 is 23.1 Å². The second-order valence-electron chi connectivity index (χ2n) is 8.58. The summed E-state index contributed by atoms with van der Waals surface area (Å²) in [6.07, 6.45) is 3.53. The molecule has 0 saturated carbocycles. The summed E-state index contributed by atoms with van der Waals surface area (Å²) in [7, 11) is -1.37. The highest BCUT2D eigenvalue weighted by Gasteiger charge is 2.35. The number of carbonyl (C=O) groups is 1. The standard InChI is InChI=1S/C20H27N3O4S3/c1-12(2)9-23(13-7-8-30(26,27)11-13)16(24)10-28-20-21-18-17(19(25)22(20)3)14-5-4-6-15(14)29-18/h12-13H,4-11H2,1-3H3. The Hall–Kier alpha value is -1.39. The molecule has 2 aromatic rings. The van der Waals surface area contributed by atoms with Gasteiger partial charge in [0.15, 0.2) is 15.0 Å². The van der Waals surface area contributed by atoms with Gasteiger partial charge in [-0.3, -0.25) is 14.2 Å². The molecule has 2 aromatic heterocycles. The summed E-state index contributed by atoms with van der Waals surface area (Å²) < 4.78 is 25.4. The van der Waals surface area contributed by atoms with Crippen molar-refractivity contribution < 1.29 is 13.2 Å². The van der Waals surface area contributed by atoms with Gasteiger partial charge in [-0.05, 0) is 37.2 Å². The van der Waals surface area contributed by atoms with E-state index in [0.717, 1.165) is 35.0 Å². The van der Waals surface area contributed by atoms with Crippen LogP contribution < -0.4 is 5.56 Å². The molecular formula is C20H27N3O4S3. The summed E-state index contributed by atoms with van der Waals surface area (Å²) in [5.74, 6) is 0.468. The lowest BCUT2D eigenvalue weighted by Gasteiger charge is -2.30. The third kappa shape index (κ3) is 4.18. The average Bonchev–Trinajstić information content (AvgIpc) is 3.34. The lowest BCUT2D eigenvalue weighted by Crippen LogP contribution is -2.44. The number of aromatic nitrogens is 2. The van der Waals surface area contributed by atoms with E-state index in [-0.39, 0.29) is 40.7 Å². The van der Waals surface area contributed by atoms with Gasteiger partial charge in [-0.2, -0.15) is 0 Å². The minimum Gasteiger partial charge on any atom is -0.338 e. The third-order valence-electron chi connectivity index (χ3n) is 5.76. The molecule has 0 aromatic carbocycles. The molecule has 1 amide bonds. The summed E-state index contributed by atoms with van der Waals surface area (Å²) in [6, 6.07) is -0.259. The number of nitrogens with zero attached hydrogens (tertiary/aromatic N) is 3. The van der Waals surface area contributed by atoms with Crippen LogP contribution in [0.2, 0.25) is 0 Å². The Labute approximate surface area is 184 Å². The summed E-state index contributed by atoms with van der Waals surface area (Å²) in [5.41, 5.74) is 1.11. The van der Waals surface area contributed by atoms with E-state index >= 15 is 0 Å². The zero-order chi connectivity index (χ0) is 21.6. The molecule has 1 aliphatic heterocycles. The van der Waals surface area contributed by atoms with Crippen molar-refractivity contribution in [1.82, 2.24) is 14.5 Å². The minimum atomic E-state index is -3.07. The zero-order valence-electron chi connectivity index (χ0n) is 17.5. The van der Waals surface area contributed by atoms with Crippen molar-refractivity contribution in [2.45, 2.75) is 50.7 Å². The first-order valence-electron chi connectivity index (χ1n) is 10.3. The molecule has 1 saturated heterocycles. The van der Waals surface area contributed by atoms with Crippen LogP contribution in [0.4, 0.5) is 0 Å². The highest BCUT2D eigenvalue weighted by atomic mass is 32.2. The Morgan fingerprint density at radius 2 is 2.13 bits per heavy atom. The van der Waals surface area contributed by atoms with Gasteiger partial charge < -0.3 is 4.90 Å². The molecule has 3 heterocycles. The van der Waals surface area contributed by atoms with E-state index in [4.69, 9.17) is 0 Å². The molecule has 1 fully saturated rings. The van der Waals surface area contributed by atoms with Gasteiger partial charge in [0.2, 0.25) is 5.91 Å². The van der Waals surface area contributed by atoms with Crippen molar-refractivity contribution in [3.8, 4) is 0 Å². The maximum Gasteiger partial charge on any atom is 0.262 e. The number of amides is 1. The molecule has 1 atom stereocenters. The lowest BCUT2D eigenvalue weighted by molar-refractivity contribution is -0.130. The van der Waals surface area contributed by atoms with Gasteiger partial charge in [-0.25, -0.2) is 13.4 Å². The predicted octanol–water partition coefficient (Wildman–Crippen LogP) is 2.25. The maximum absolute atomic E-state index is 13.0. The Kier molecular flexibility index (Phi) is 6.02. The number of thioether (sulfide) groups is 1. The number of carbonyl (C=O) groups excluding carboxylic acids is 1. The van der Waals surface area contributed by atoms with Crippen LogP contribution in [0.3, 0.4) is 0 Å². The van der Waals surface area contributed by atoms with Crippen molar-refractivity contribution in [1.29, 1.82) is 0 Å². The maximum atomic E-state index is 13.0. The Morgan fingerprint density at radius 3 is 2.80 bits per heavy atom. The van der Waals surface area contributed by atoms with E-state index in [0.29, 0.717) is 18.1 Å². The number of hydrogen-bond donors (Lipinski definition) is 0. The van der Waals surface area contributed by atoms with E-state index in [1.165, 1.54) is 16.6 Å². The molecule has 10 heteroatoms. The van der Waals surface area contributed by atoms with Crippen LogP contribution in [0, 0.1) is 5.92 Å². The molecule has 0 bridgehead atoms. The molecule has 1 unspecified atom stereocenters. The number of thiophene rings is 1. The van der Waals surface area contributed by atoms with Crippen molar-refractivity contribution in [3.63, 3.8) is 0 Å². The number of fused-ring (bicyclic) bond motifs is 3. The smallest absolute Gasteiger partial charge is 0.262 e. The van der Waals surface area contributed by atoms with E-state index in [9.17, 15) is 18.0 Å². The summed E-state index contributed by atoms with van der Waals surface area (Å²) in [4.78, 5) is 34.4. The fourth-order valence-electron chi connectivity index (χ4n) is 4.31. The van der Waals surface area contributed by atoms with Gasteiger partial charge in [0, 0.05) is 24.5 Å². The van der Waals surface area contributed by atoms with Crippen LogP contribution in [-0.2, 0) is 34.5 Å². The number of aryl methyl sites for hydroxylation is 2. The highest BCUT2D eigenvalue weighted by molar-refractivity contribution is 7.99. The predicted molar refractivity (Wildman–Crippen MR) is 121 cm³/mol. The SMILES string of the molecule is CC(C)CN(C(=O)CSc1nc2sc3c(c2c(=O)n1C)CCC3)C1CCS(=O)(=O)C1. The summed E-state index contributed by atoms with van der Waals surface area (Å²) in [6.45, 7) is 4.57. The van der Waals surface area contributed by atoms with E-state index in [1.54, 1.807) is 27.9 Å². The van der Waals surface area contributed by atoms with Crippen LogP contribution in [0.1, 0.15) is 37.1 Å². The van der Waals surface area contributed by atoms with Crippen molar-refractivity contribution in [3.05, 3.63) is 20.8 Å². The first kappa shape index (κ1) is 21.8. The second kappa shape index (κ2) is 8.27. The largest absolute Gasteiger partial charge is 0.338 e. The van der Waals surface area contributed by atoms with Gasteiger partial charge in [0.25, 0.3) is 5.56 Å². The van der Waals surface area contributed by atoms with Gasteiger partial charge in [0.05, 0.1) is 22.6 Å². The fraction of sp³-hybridized carbons (Fsp3) is 0.650. The number of sulfone groups is 1. The van der Waals surface area contributed by atoms with Crippen molar-refractivity contribution >= 4 is 49.1 Å². The third-order valence-corrected chi connectivity index (χ3v) is 9.71. The molecule has 30 heavy (non-hydrogen) atoms. The van der Waals surface area contributed by atoms with Gasteiger partial charge >= 0.3 is 0 Å². The van der Waals surface area contributed by atoms with Crippen LogP contribution in [0.25, 0.3) is 10.2 Å². The number of rotatable bonds is 6. The zero-order valence-corrected chi connectivity index (χ0v) is 20.0. The molecule has 1 aliphatic carbocycles. The van der Waals surface area contributed by atoms with Gasteiger partial charge in [-0.15, -0.1) is 11.3 Å². The molecule has 2 aliphatic rings. The highest BCUT2D eigenvalue weighted by Crippen LogP contribution is 2.35. The Bertz CT molecular complexity index is 1150. The molecule has 7 nitrogen and oxygen atoms in total. The monoisotopic (exact) mass is 469 g/mol. The number of hydrogen-bond acceptors (Lipinski definition) is 7. The molecular weight excluding hydrogens is 442 g/mol. The minimum absolute atomic E-state index is 0.0412. The first-order chi connectivity index (χ1) is 14.2. The molecule has 0 spiro atoms. The summed E-state index contributed by atoms with van der Waals surface area (Å²) in [5, 5.41) is 1.27. The van der Waals surface area contributed by atoms with Crippen LogP contribution in [-0.4, -0.2) is 58.6 Å². The lowest BCUT2D eigenvalue weighted by atomic mass is 10.1. The average molecular weight is 470 g/mol. The van der Waals surface area contributed by atoms with Gasteiger partial charge in [-0.1, -0.05) is 25.6 Å². The summed E-state index contributed by atoms with van der Waals surface area (Å²) >= 11 is 2.85. The van der Waals surface area contributed by atoms with Crippen LogP contribution in [0.5, 0.6) is 0 Å². The van der Waals surface area contributed by atoms with E-state index in [2.05, 4.69) is 4.98 Å². The first-order valence-corrected chi connectivity index (χ1v) is 13.9. The quantitative estimate of drug-likeness (QED) is 0.476. The van der Waals surface area contributed by atoms with Crippen LogP contribution in [0.15, 0.2) is 9.95 Å². The van der Waals surface area contributed by atoms with Gasteiger partial charge in [0.1, 0.15) is 4.83 Å².